The molecule has 7 nitrogen and oxygen atoms in total. The number of para-hydroxylation sites is 1. The third kappa shape index (κ3) is 3.38. The van der Waals surface area contributed by atoms with Gasteiger partial charge in [-0.1, -0.05) is 41.6 Å². The molecule has 0 bridgehead atoms. The minimum absolute atomic E-state index is 0.164. The molecule has 1 aliphatic heterocycles. The molecule has 2 aromatic heterocycles. The first-order valence-corrected chi connectivity index (χ1v) is 10.7. The number of aromatic nitrogens is 4. The van der Waals surface area contributed by atoms with Crippen molar-refractivity contribution in [1.82, 2.24) is 19.3 Å². The second kappa shape index (κ2) is 7.62. The number of carbonyl (C=O) groups is 1. The SMILES string of the molecule is O=C(C[C@H]1CSc2nc3c(cnn3-c3ccccc3)c(=O)n21)Nc1ccc(Cl)cc1. The van der Waals surface area contributed by atoms with Gasteiger partial charge in [-0.05, 0) is 36.4 Å². The molecular weight excluding hydrogens is 422 g/mol. The first-order valence-electron chi connectivity index (χ1n) is 9.34. The lowest BCUT2D eigenvalue weighted by atomic mass is 10.2. The van der Waals surface area contributed by atoms with Crippen molar-refractivity contribution in [3.63, 3.8) is 0 Å². The molecule has 150 valence electrons. The largest absolute Gasteiger partial charge is 0.326 e. The van der Waals surface area contributed by atoms with Crippen LogP contribution in [0.5, 0.6) is 0 Å². The van der Waals surface area contributed by atoms with E-state index in [1.54, 1.807) is 39.7 Å². The number of benzene rings is 2. The predicted molar refractivity (Wildman–Crippen MR) is 118 cm³/mol. The summed E-state index contributed by atoms with van der Waals surface area (Å²) in [6.07, 6.45) is 1.72. The number of anilines is 1. The highest BCUT2D eigenvalue weighted by Gasteiger charge is 2.29. The molecule has 0 saturated carbocycles. The maximum Gasteiger partial charge on any atom is 0.265 e. The molecule has 4 aromatic rings. The van der Waals surface area contributed by atoms with Gasteiger partial charge < -0.3 is 5.32 Å². The maximum absolute atomic E-state index is 13.2. The van der Waals surface area contributed by atoms with E-state index < -0.39 is 0 Å². The molecule has 1 atom stereocenters. The van der Waals surface area contributed by atoms with E-state index in [4.69, 9.17) is 11.6 Å². The summed E-state index contributed by atoms with van der Waals surface area (Å²) in [5, 5.41) is 8.86. The lowest BCUT2D eigenvalue weighted by Crippen LogP contribution is -2.27. The lowest BCUT2D eigenvalue weighted by molar-refractivity contribution is -0.116. The molecule has 1 aliphatic rings. The molecule has 0 radical (unpaired) electrons. The molecule has 3 heterocycles. The smallest absolute Gasteiger partial charge is 0.265 e. The van der Waals surface area contributed by atoms with Crippen molar-refractivity contribution in [2.45, 2.75) is 17.6 Å². The molecule has 2 aromatic carbocycles. The fourth-order valence-corrected chi connectivity index (χ4v) is 4.75. The molecule has 1 amide bonds. The standard InChI is InChI=1S/C21H16ClN5O2S/c22-13-6-8-14(9-7-13)24-18(28)10-16-12-30-21-25-19-17(20(29)26(16)21)11-23-27(19)15-4-2-1-3-5-15/h1-9,11,16H,10,12H2,(H,24,28)/t16-/m0/s1. The van der Waals surface area contributed by atoms with Crippen LogP contribution in [0.4, 0.5) is 5.69 Å². The Kier molecular flexibility index (Phi) is 4.80. The summed E-state index contributed by atoms with van der Waals surface area (Å²) >= 11 is 7.36. The number of carbonyl (C=O) groups excluding carboxylic acids is 1. The average molecular weight is 438 g/mol. The van der Waals surface area contributed by atoms with E-state index >= 15 is 0 Å². The zero-order valence-electron chi connectivity index (χ0n) is 15.7. The molecule has 0 aliphatic carbocycles. The number of fused-ring (bicyclic) bond motifs is 2. The first kappa shape index (κ1) is 18.9. The fraction of sp³-hybridized carbons (Fsp3) is 0.143. The van der Waals surface area contributed by atoms with E-state index in [9.17, 15) is 9.59 Å². The summed E-state index contributed by atoms with van der Waals surface area (Å²) in [7, 11) is 0. The van der Waals surface area contributed by atoms with E-state index in [1.165, 1.54) is 11.8 Å². The zero-order valence-corrected chi connectivity index (χ0v) is 17.2. The Hall–Kier alpha value is -3.10. The molecule has 0 unspecified atom stereocenters. The van der Waals surface area contributed by atoms with E-state index in [1.807, 2.05) is 30.3 Å². The van der Waals surface area contributed by atoms with Crippen molar-refractivity contribution in [2.75, 3.05) is 11.1 Å². The minimum Gasteiger partial charge on any atom is -0.326 e. The van der Waals surface area contributed by atoms with Crippen molar-refractivity contribution < 1.29 is 4.79 Å². The molecule has 1 N–H and O–H groups in total. The molecular formula is C21H16ClN5O2S. The minimum atomic E-state index is -0.262. The molecule has 0 saturated heterocycles. The number of thioether (sulfide) groups is 1. The first-order chi connectivity index (χ1) is 14.6. The molecule has 9 heteroatoms. The van der Waals surface area contributed by atoms with E-state index in [-0.39, 0.29) is 23.9 Å². The topological polar surface area (TPSA) is 81.8 Å². The summed E-state index contributed by atoms with van der Waals surface area (Å²) in [6.45, 7) is 0. The van der Waals surface area contributed by atoms with Gasteiger partial charge in [0.1, 0.15) is 5.39 Å². The van der Waals surface area contributed by atoms with Crippen LogP contribution in [0.3, 0.4) is 0 Å². The normalized spacial score (nSPS) is 15.3. The number of hydrogen-bond acceptors (Lipinski definition) is 5. The van der Waals surface area contributed by atoms with E-state index in [2.05, 4.69) is 15.4 Å². The predicted octanol–water partition coefficient (Wildman–Crippen LogP) is 3.91. The number of halogens is 1. The van der Waals surface area contributed by atoms with Crippen LogP contribution in [0, 0.1) is 0 Å². The molecule has 0 fully saturated rings. The Balaban J connectivity index is 1.44. The van der Waals surface area contributed by atoms with Crippen molar-refractivity contribution >= 4 is 46.0 Å². The Morgan fingerprint density at radius 1 is 1.17 bits per heavy atom. The second-order valence-corrected chi connectivity index (χ2v) is 8.35. The quantitative estimate of drug-likeness (QED) is 0.489. The van der Waals surface area contributed by atoms with Crippen molar-refractivity contribution in [3.05, 3.63) is 76.2 Å². The molecule has 30 heavy (non-hydrogen) atoms. The van der Waals surface area contributed by atoms with Gasteiger partial charge in [0.2, 0.25) is 5.91 Å². The van der Waals surface area contributed by atoms with Crippen LogP contribution in [-0.4, -0.2) is 31.0 Å². The highest BCUT2D eigenvalue weighted by molar-refractivity contribution is 7.99. The van der Waals surface area contributed by atoms with Crippen LogP contribution in [-0.2, 0) is 4.79 Å². The van der Waals surface area contributed by atoms with Crippen molar-refractivity contribution in [3.8, 4) is 5.69 Å². The van der Waals surface area contributed by atoms with Gasteiger partial charge in [-0.2, -0.15) is 5.10 Å². The number of amides is 1. The van der Waals surface area contributed by atoms with E-state index in [0.29, 0.717) is 32.7 Å². The zero-order chi connectivity index (χ0) is 20.7. The van der Waals surface area contributed by atoms with Crippen LogP contribution in [0.15, 0.2) is 70.7 Å². The van der Waals surface area contributed by atoms with Crippen LogP contribution in [0.1, 0.15) is 12.5 Å². The molecule has 0 spiro atoms. The second-order valence-electron chi connectivity index (χ2n) is 6.92. The molecule has 5 rings (SSSR count). The fourth-order valence-electron chi connectivity index (χ4n) is 3.50. The Morgan fingerprint density at radius 2 is 1.93 bits per heavy atom. The lowest BCUT2D eigenvalue weighted by Gasteiger charge is -2.13. The highest BCUT2D eigenvalue weighted by atomic mass is 35.5. The van der Waals surface area contributed by atoms with E-state index in [0.717, 1.165) is 5.69 Å². The maximum atomic E-state index is 13.2. The Labute approximate surface area is 180 Å². The van der Waals surface area contributed by atoms with Crippen LogP contribution in [0.25, 0.3) is 16.7 Å². The highest BCUT2D eigenvalue weighted by Crippen LogP contribution is 2.33. The van der Waals surface area contributed by atoms with Gasteiger partial charge >= 0.3 is 0 Å². The third-order valence-corrected chi connectivity index (χ3v) is 6.27. The van der Waals surface area contributed by atoms with Gasteiger partial charge in [-0.25, -0.2) is 9.67 Å². The van der Waals surface area contributed by atoms with Gasteiger partial charge in [-0.3, -0.25) is 14.2 Å². The number of nitrogens with zero attached hydrogens (tertiary/aromatic N) is 4. The Bertz CT molecular complexity index is 1300. The third-order valence-electron chi connectivity index (χ3n) is 4.92. The Morgan fingerprint density at radius 3 is 2.70 bits per heavy atom. The average Bonchev–Trinajstić information content (AvgIpc) is 3.35. The summed E-state index contributed by atoms with van der Waals surface area (Å²) in [5.41, 5.74) is 1.86. The monoisotopic (exact) mass is 437 g/mol. The summed E-state index contributed by atoms with van der Waals surface area (Å²) in [4.78, 5) is 30.4. The number of nitrogens with one attached hydrogen (secondary N) is 1. The van der Waals surface area contributed by atoms with Crippen LogP contribution < -0.4 is 10.9 Å². The van der Waals surface area contributed by atoms with Gasteiger partial charge in [0.15, 0.2) is 10.8 Å². The summed E-state index contributed by atoms with van der Waals surface area (Å²) in [5.74, 6) is 0.449. The van der Waals surface area contributed by atoms with Crippen molar-refractivity contribution in [1.29, 1.82) is 0 Å². The number of hydrogen-bond donors (Lipinski definition) is 1. The van der Waals surface area contributed by atoms with Crippen LogP contribution >= 0.6 is 23.4 Å². The van der Waals surface area contributed by atoms with Crippen molar-refractivity contribution in [2.24, 2.45) is 0 Å². The van der Waals surface area contributed by atoms with Gasteiger partial charge in [-0.15, -0.1) is 0 Å². The van der Waals surface area contributed by atoms with Gasteiger partial charge in [0.05, 0.1) is 17.9 Å². The van der Waals surface area contributed by atoms with Gasteiger partial charge in [0, 0.05) is 22.9 Å². The summed E-state index contributed by atoms with van der Waals surface area (Å²) in [6, 6.07) is 16.2. The summed E-state index contributed by atoms with van der Waals surface area (Å²) < 4.78 is 3.28. The number of rotatable bonds is 4. The van der Waals surface area contributed by atoms with Crippen LogP contribution in [0.2, 0.25) is 5.02 Å². The van der Waals surface area contributed by atoms with Gasteiger partial charge in [0.25, 0.3) is 5.56 Å².